The molecule has 0 saturated heterocycles. The predicted octanol–water partition coefficient (Wildman–Crippen LogP) is 12.2. The van der Waals surface area contributed by atoms with Gasteiger partial charge in [-0.2, -0.15) is 8.78 Å². The second kappa shape index (κ2) is 14.2. The van der Waals surface area contributed by atoms with E-state index in [0.29, 0.717) is 23.8 Å². The van der Waals surface area contributed by atoms with Crippen molar-refractivity contribution < 1.29 is 39.9 Å². The Kier molecular flexibility index (Phi) is 10.1. The molecule has 0 atom stereocenters. The SMILES string of the molecule is CCCCCc1ccc(-c2ccc(-c3ccc(-c4cc(F)c(C(F)(F)Oc5ccc(C=CF)c(F)c5)c(F)c4)c(F)c3)c(F)c2)cc1. The molecule has 242 valence electrons. The second-order valence-electron chi connectivity index (χ2n) is 11.0. The van der Waals surface area contributed by atoms with E-state index in [-0.39, 0.29) is 28.6 Å². The molecular formula is C38H28F8O. The standard InChI is InChI=1S/C38H28F8O/c1-2-3-4-5-23-6-8-24(9-7-23)26-11-14-30(33(41)18-26)27-12-15-31(34(42)19-27)28-20-35(43)37(36(44)21-28)38(45,46)47-29-13-10-25(16-17-39)32(40)22-29/h6-22H,2-5H2,1H3. The van der Waals surface area contributed by atoms with E-state index in [1.807, 2.05) is 24.3 Å². The van der Waals surface area contributed by atoms with E-state index in [4.69, 9.17) is 0 Å². The largest absolute Gasteiger partial charge is 0.432 e. The first-order valence-electron chi connectivity index (χ1n) is 14.8. The van der Waals surface area contributed by atoms with Crippen molar-refractivity contribution >= 4 is 6.08 Å². The first-order valence-corrected chi connectivity index (χ1v) is 14.8. The number of halogens is 8. The Hall–Kier alpha value is -4.92. The van der Waals surface area contributed by atoms with Gasteiger partial charge in [0.1, 0.15) is 40.4 Å². The lowest BCUT2D eigenvalue weighted by molar-refractivity contribution is -0.189. The zero-order chi connectivity index (χ0) is 33.7. The van der Waals surface area contributed by atoms with Gasteiger partial charge in [0, 0.05) is 22.8 Å². The zero-order valence-corrected chi connectivity index (χ0v) is 25.1. The van der Waals surface area contributed by atoms with Crippen LogP contribution in [-0.2, 0) is 12.5 Å². The van der Waals surface area contributed by atoms with Crippen LogP contribution in [0.3, 0.4) is 0 Å². The summed E-state index contributed by atoms with van der Waals surface area (Å²) in [6, 6.07) is 19.2. The highest BCUT2D eigenvalue weighted by Crippen LogP contribution is 2.38. The Morgan fingerprint density at radius 2 is 1.17 bits per heavy atom. The highest BCUT2D eigenvalue weighted by molar-refractivity contribution is 5.74. The quantitative estimate of drug-likeness (QED) is 0.102. The van der Waals surface area contributed by atoms with Crippen LogP contribution < -0.4 is 4.74 Å². The first kappa shape index (κ1) is 33.4. The minimum atomic E-state index is -4.60. The van der Waals surface area contributed by atoms with Gasteiger partial charge in [-0.3, -0.25) is 0 Å². The number of hydrogen-bond donors (Lipinski definition) is 0. The number of rotatable bonds is 11. The molecule has 9 heteroatoms. The van der Waals surface area contributed by atoms with Crippen molar-refractivity contribution in [3.8, 4) is 39.1 Å². The van der Waals surface area contributed by atoms with Gasteiger partial charge in [0.15, 0.2) is 0 Å². The van der Waals surface area contributed by atoms with Gasteiger partial charge in [-0.1, -0.05) is 68.3 Å². The van der Waals surface area contributed by atoms with E-state index in [0.717, 1.165) is 61.6 Å². The summed E-state index contributed by atoms with van der Waals surface area (Å²) in [6.07, 6.45) is 0.519. The van der Waals surface area contributed by atoms with Gasteiger partial charge in [-0.25, -0.2) is 26.3 Å². The van der Waals surface area contributed by atoms with Crippen LogP contribution in [0.2, 0.25) is 0 Å². The Labute approximate surface area is 266 Å². The van der Waals surface area contributed by atoms with Crippen molar-refractivity contribution in [3.05, 3.63) is 143 Å². The lowest BCUT2D eigenvalue weighted by atomic mass is 9.96. The maximum Gasteiger partial charge on any atom is 0.432 e. The van der Waals surface area contributed by atoms with Gasteiger partial charge in [0.25, 0.3) is 0 Å². The predicted molar refractivity (Wildman–Crippen MR) is 167 cm³/mol. The van der Waals surface area contributed by atoms with E-state index in [9.17, 15) is 26.3 Å². The Bertz CT molecular complexity index is 1890. The molecule has 5 aromatic rings. The van der Waals surface area contributed by atoms with Crippen molar-refractivity contribution in [1.29, 1.82) is 0 Å². The molecule has 0 aromatic heterocycles. The van der Waals surface area contributed by atoms with Crippen LogP contribution in [0.15, 0.2) is 97.3 Å². The highest BCUT2D eigenvalue weighted by atomic mass is 19.3. The van der Waals surface area contributed by atoms with Gasteiger partial charge >= 0.3 is 6.11 Å². The number of aryl methyl sites for hydroxylation is 1. The molecule has 0 bridgehead atoms. The topological polar surface area (TPSA) is 9.23 Å². The summed E-state index contributed by atoms with van der Waals surface area (Å²) >= 11 is 0. The summed E-state index contributed by atoms with van der Waals surface area (Å²) in [7, 11) is 0. The average Bonchev–Trinajstić information content (AvgIpc) is 3.02. The fraction of sp³-hybridized carbons (Fsp3) is 0.158. The number of alkyl halides is 2. The minimum Gasteiger partial charge on any atom is -0.429 e. The normalized spacial score (nSPS) is 11.8. The van der Waals surface area contributed by atoms with E-state index >= 15 is 8.78 Å². The minimum absolute atomic E-state index is 0.0429. The second-order valence-corrected chi connectivity index (χ2v) is 11.0. The molecule has 47 heavy (non-hydrogen) atoms. The van der Waals surface area contributed by atoms with Crippen LogP contribution in [0, 0.1) is 29.1 Å². The molecule has 0 heterocycles. The molecule has 0 aliphatic rings. The third kappa shape index (κ3) is 7.56. The van der Waals surface area contributed by atoms with Crippen LogP contribution in [0.1, 0.15) is 42.9 Å². The van der Waals surface area contributed by atoms with Crippen LogP contribution in [-0.4, -0.2) is 0 Å². The smallest absolute Gasteiger partial charge is 0.429 e. The number of benzene rings is 5. The van der Waals surface area contributed by atoms with Gasteiger partial charge in [-0.05, 0) is 83.1 Å². The fourth-order valence-electron chi connectivity index (χ4n) is 5.27. The monoisotopic (exact) mass is 652 g/mol. The number of hydrogen-bond acceptors (Lipinski definition) is 1. The summed E-state index contributed by atoms with van der Waals surface area (Å²) in [5.74, 6) is -6.97. The fourth-order valence-corrected chi connectivity index (χ4v) is 5.27. The molecule has 0 aliphatic carbocycles. The van der Waals surface area contributed by atoms with E-state index < -0.39 is 52.1 Å². The van der Waals surface area contributed by atoms with Crippen LogP contribution >= 0.6 is 0 Å². The Balaban J connectivity index is 1.36. The summed E-state index contributed by atoms with van der Waals surface area (Å²) < 4.78 is 121. The molecule has 0 fully saturated rings. The Morgan fingerprint density at radius 3 is 1.77 bits per heavy atom. The molecule has 0 radical (unpaired) electrons. The molecule has 5 aromatic carbocycles. The molecule has 0 spiro atoms. The third-order valence-corrected chi connectivity index (χ3v) is 7.71. The summed E-state index contributed by atoms with van der Waals surface area (Å²) in [5.41, 5.74) is 0.115. The van der Waals surface area contributed by atoms with Crippen molar-refractivity contribution in [2.45, 2.75) is 38.7 Å². The molecule has 0 amide bonds. The lowest BCUT2D eigenvalue weighted by Gasteiger charge is -2.20. The van der Waals surface area contributed by atoms with Gasteiger partial charge in [-0.15, -0.1) is 0 Å². The summed E-state index contributed by atoms with van der Waals surface area (Å²) in [6.45, 7) is 2.14. The van der Waals surface area contributed by atoms with Crippen LogP contribution in [0.4, 0.5) is 35.1 Å². The average molecular weight is 653 g/mol. The molecule has 5 rings (SSSR count). The summed E-state index contributed by atoms with van der Waals surface area (Å²) in [4.78, 5) is 0. The molecule has 0 saturated carbocycles. The maximum atomic E-state index is 15.3. The van der Waals surface area contributed by atoms with Crippen molar-refractivity contribution in [1.82, 2.24) is 0 Å². The third-order valence-electron chi connectivity index (χ3n) is 7.71. The molecule has 1 nitrogen and oxygen atoms in total. The van der Waals surface area contributed by atoms with Crippen molar-refractivity contribution in [2.75, 3.05) is 0 Å². The zero-order valence-electron chi connectivity index (χ0n) is 25.1. The molecule has 0 N–H and O–H groups in total. The van der Waals surface area contributed by atoms with Gasteiger partial charge in [0.2, 0.25) is 0 Å². The summed E-state index contributed by atoms with van der Waals surface area (Å²) in [5, 5.41) is 0. The molecule has 0 unspecified atom stereocenters. The van der Waals surface area contributed by atoms with Crippen LogP contribution in [0.25, 0.3) is 39.5 Å². The van der Waals surface area contributed by atoms with Crippen molar-refractivity contribution in [2.24, 2.45) is 0 Å². The molecular weight excluding hydrogens is 624 g/mol. The van der Waals surface area contributed by atoms with E-state index in [1.54, 1.807) is 6.07 Å². The lowest BCUT2D eigenvalue weighted by Crippen LogP contribution is -2.25. The number of ether oxygens (including phenoxy) is 1. The highest BCUT2D eigenvalue weighted by Gasteiger charge is 2.41. The van der Waals surface area contributed by atoms with E-state index in [1.165, 1.54) is 23.8 Å². The first-order chi connectivity index (χ1) is 22.5. The van der Waals surface area contributed by atoms with Gasteiger partial charge in [0.05, 0.1) is 6.33 Å². The van der Waals surface area contributed by atoms with Gasteiger partial charge < -0.3 is 4.74 Å². The van der Waals surface area contributed by atoms with Crippen LogP contribution in [0.5, 0.6) is 5.75 Å². The maximum absolute atomic E-state index is 15.3. The van der Waals surface area contributed by atoms with Crippen molar-refractivity contribution in [3.63, 3.8) is 0 Å². The number of unbranched alkanes of at least 4 members (excludes halogenated alkanes) is 2. The Morgan fingerprint density at radius 1 is 0.596 bits per heavy atom. The van der Waals surface area contributed by atoms with E-state index in [2.05, 4.69) is 11.7 Å². The molecule has 0 aliphatic heterocycles.